The summed E-state index contributed by atoms with van der Waals surface area (Å²) in [4.78, 5) is 13.3. The first-order valence-electron chi connectivity index (χ1n) is 5.33. The topological polar surface area (TPSA) is 117 Å². The lowest BCUT2D eigenvalue weighted by Crippen LogP contribution is -1.99. The summed E-state index contributed by atoms with van der Waals surface area (Å²) in [6.45, 7) is 0. The molecule has 96 valence electrons. The van der Waals surface area contributed by atoms with Crippen molar-refractivity contribution in [2.45, 2.75) is 10.1 Å². The molecule has 0 atom stereocenters. The highest BCUT2D eigenvalue weighted by Crippen LogP contribution is 2.35. The van der Waals surface area contributed by atoms with Gasteiger partial charge in [-0.2, -0.15) is 0 Å². The molecule has 0 unspecified atom stereocenters. The number of rotatable bonds is 2. The van der Waals surface area contributed by atoms with Gasteiger partial charge in [0.25, 0.3) is 0 Å². The van der Waals surface area contributed by atoms with Crippen LogP contribution in [0.5, 0.6) is 0 Å². The van der Waals surface area contributed by atoms with Gasteiger partial charge in [0, 0.05) is 11.0 Å². The van der Waals surface area contributed by atoms with Crippen LogP contribution < -0.4 is 17.2 Å². The SMILES string of the molecule is Nc1cc(N)nc(Sc2ccc3scnc3c2N)n1. The minimum Gasteiger partial charge on any atom is -0.396 e. The predicted octanol–water partition coefficient (Wildman–Crippen LogP) is 1.98. The third-order valence-corrected chi connectivity index (χ3v) is 4.18. The van der Waals surface area contributed by atoms with E-state index >= 15 is 0 Å². The van der Waals surface area contributed by atoms with E-state index in [1.54, 1.807) is 16.8 Å². The number of hydrogen-bond donors (Lipinski definition) is 3. The van der Waals surface area contributed by atoms with Crippen LogP contribution in [0.15, 0.2) is 33.8 Å². The Kier molecular flexibility index (Phi) is 2.88. The number of anilines is 3. The van der Waals surface area contributed by atoms with Crippen LogP contribution in [0.4, 0.5) is 17.3 Å². The molecule has 0 aliphatic carbocycles. The lowest BCUT2D eigenvalue weighted by molar-refractivity contribution is 0.985. The van der Waals surface area contributed by atoms with Gasteiger partial charge in [-0.3, -0.25) is 0 Å². The normalized spacial score (nSPS) is 10.9. The summed E-state index contributed by atoms with van der Waals surface area (Å²) >= 11 is 2.87. The molecular weight excluding hydrogens is 280 g/mol. The van der Waals surface area contributed by atoms with Crippen LogP contribution in [0.1, 0.15) is 0 Å². The van der Waals surface area contributed by atoms with Crippen molar-refractivity contribution < 1.29 is 0 Å². The maximum atomic E-state index is 6.09. The van der Waals surface area contributed by atoms with E-state index in [0.717, 1.165) is 15.1 Å². The van der Waals surface area contributed by atoms with Gasteiger partial charge in [-0.15, -0.1) is 11.3 Å². The van der Waals surface area contributed by atoms with Gasteiger partial charge in [0.2, 0.25) is 0 Å². The Morgan fingerprint density at radius 2 is 1.79 bits per heavy atom. The van der Waals surface area contributed by atoms with Gasteiger partial charge in [-0.1, -0.05) is 0 Å². The van der Waals surface area contributed by atoms with Gasteiger partial charge in [-0.25, -0.2) is 15.0 Å². The lowest BCUT2D eigenvalue weighted by atomic mass is 10.3. The van der Waals surface area contributed by atoms with Crippen LogP contribution in [-0.4, -0.2) is 15.0 Å². The first kappa shape index (κ1) is 12.0. The van der Waals surface area contributed by atoms with Crippen molar-refractivity contribution in [3.05, 3.63) is 23.7 Å². The molecule has 0 fully saturated rings. The van der Waals surface area contributed by atoms with Crippen molar-refractivity contribution in [3.8, 4) is 0 Å². The standard InChI is InChI=1S/C11H10N6S2/c12-7-3-8(13)17-11(16-7)19-5-1-2-6-10(9(5)14)15-4-18-6/h1-4H,14H2,(H4,12,13,16,17). The van der Waals surface area contributed by atoms with Gasteiger partial charge in [0.1, 0.15) is 17.2 Å². The van der Waals surface area contributed by atoms with Crippen molar-refractivity contribution in [3.63, 3.8) is 0 Å². The molecule has 0 bridgehead atoms. The van der Waals surface area contributed by atoms with Crippen molar-refractivity contribution in [1.82, 2.24) is 15.0 Å². The molecule has 8 heteroatoms. The zero-order chi connectivity index (χ0) is 13.4. The van der Waals surface area contributed by atoms with Crippen LogP contribution in [0.3, 0.4) is 0 Å². The van der Waals surface area contributed by atoms with E-state index in [9.17, 15) is 0 Å². The average molecular weight is 290 g/mol. The Balaban J connectivity index is 2.02. The maximum Gasteiger partial charge on any atom is 0.196 e. The quantitative estimate of drug-likeness (QED) is 0.488. The molecule has 0 aliphatic heterocycles. The summed E-state index contributed by atoms with van der Waals surface area (Å²) < 4.78 is 1.05. The van der Waals surface area contributed by atoms with Crippen molar-refractivity contribution >= 4 is 50.6 Å². The Bertz CT molecular complexity index is 734. The number of nitrogens with two attached hydrogens (primary N) is 3. The number of thiazole rings is 1. The molecule has 3 aromatic rings. The molecule has 0 spiro atoms. The summed E-state index contributed by atoms with van der Waals surface area (Å²) in [5.41, 5.74) is 20.6. The zero-order valence-corrected chi connectivity index (χ0v) is 11.3. The molecule has 2 aromatic heterocycles. The van der Waals surface area contributed by atoms with E-state index < -0.39 is 0 Å². The molecule has 1 aromatic carbocycles. The molecule has 6 N–H and O–H groups in total. The summed E-state index contributed by atoms with van der Waals surface area (Å²) in [5, 5.41) is 0.471. The smallest absolute Gasteiger partial charge is 0.196 e. The van der Waals surface area contributed by atoms with E-state index in [2.05, 4.69) is 15.0 Å². The molecule has 19 heavy (non-hydrogen) atoms. The molecule has 6 nitrogen and oxygen atoms in total. The fraction of sp³-hybridized carbons (Fsp3) is 0. The van der Waals surface area contributed by atoms with Gasteiger partial charge >= 0.3 is 0 Å². The number of hydrogen-bond acceptors (Lipinski definition) is 8. The molecule has 0 amide bonds. The number of aromatic nitrogens is 3. The molecule has 0 saturated carbocycles. The Hall–Kier alpha value is -2.06. The minimum atomic E-state index is 0.336. The number of benzene rings is 1. The summed E-state index contributed by atoms with van der Waals surface area (Å²) in [7, 11) is 0. The molecule has 0 aliphatic rings. The highest BCUT2D eigenvalue weighted by Gasteiger charge is 2.10. The molecule has 3 rings (SSSR count). The Labute approximate surface area is 117 Å². The maximum absolute atomic E-state index is 6.09. The van der Waals surface area contributed by atoms with Crippen molar-refractivity contribution in [1.29, 1.82) is 0 Å². The molecular formula is C11H10N6S2. The van der Waals surface area contributed by atoms with Crippen LogP contribution >= 0.6 is 23.1 Å². The molecule has 2 heterocycles. The highest BCUT2D eigenvalue weighted by atomic mass is 32.2. The predicted molar refractivity (Wildman–Crippen MR) is 79.0 cm³/mol. The minimum absolute atomic E-state index is 0.336. The second-order valence-electron chi connectivity index (χ2n) is 3.78. The average Bonchev–Trinajstić information content (AvgIpc) is 2.80. The second-order valence-corrected chi connectivity index (χ2v) is 5.67. The van der Waals surface area contributed by atoms with Crippen LogP contribution in [-0.2, 0) is 0 Å². The summed E-state index contributed by atoms with van der Waals surface area (Å²) in [6, 6.07) is 5.40. The van der Waals surface area contributed by atoms with Gasteiger partial charge in [0.15, 0.2) is 5.16 Å². The third kappa shape index (κ3) is 2.27. The number of nitrogen functional groups attached to an aromatic ring is 3. The summed E-state index contributed by atoms with van der Waals surface area (Å²) in [5.74, 6) is 0.673. The Morgan fingerprint density at radius 1 is 1.05 bits per heavy atom. The monoisotopic (exact) mass is 290 g/mol. The third-order valence-electron chi connectivity index (χ3n) is 2.45. The van der Waals surface area contributed by atoms with Gasteiger partial charge < -0.3 is 17.2 Å². The first-order chi connectivity index (χ1) is 9.13. The molecule has 0 radical (unpaired) electrons. The van der Waals surface area contributed by atoms with Crippen LogP contribution in [0, 0.1) is 0 Å². The number of nitrogens with zero attached hydrogens (tertiary/aromatic N) is 3. The van der Waals surface area contributed by atoms with Gasteiger partial charge in [0.05, 0.1) is 15.9 Å². The largest absolute Gasteiger partial charge is 0.396 e. The van der Waals surface area contributed by atoms with E-state index in [1.807, 2.05) is 12.1 Å². The summed E-state index contributed by atoms with van der Waals surface area (Å²) in [6.07, 6.45) is 0. The van der Waals surface area contributed by atoms with E-state index in [0.29, 0.717) is 22.5 Å². The van der Waals surface area contributed by atoms with Crippen molar-refractivity contribution in [2.24, 2.45) is 0 Å². The Morgan fingerprint density at radius 3 is 2.53 bits per heavy atom. The van der Waals surface area contributed by atoms with Crippen LogP contribution in [0.25, 0.3) is 10.2 Å². The van der Waals surface area contributed by atoms with E-state index in [1.165, 1.54) is 17.8 Å². The van der Waals surface area contributed by atoms with E-state index in [-0.39, 0.29) is 0 Å². The zero-order valence-electron chi connectivity index (χ0n) is 9.70. The lowest BCUT2D eigenvalue weighted by Gasteiger charge is -2.05. The van der Waals surface area contributed by atoms with Crippen LogP contribution in [0.2, 0.25) is 0 Å². The fourth-order valence-corrected chi connectivity index (χ4v) is 3.16. The van der Waals surface area contributed by atoms with Crippen molar-refractivity contribution in [2.75, 3.05) is 17.2 Å². The van der Waals surface area contributed by atoms with E-state index in [4.69, 9.17) is 17.2 Å². The second kappa shape index (κ2) is 4.56. The highest BCUT2D eigenvalue weighted by molar-refractivity contribution is 7.99. The first-order valence-corrected chi connectivity index (χ1v) is 7.02. The number of fused-ring (bicyclic) bond motifs is 1. The van der Waals surface area contributed by atoms with Gasteiger partial charge in [-0.05, 0) is 23.9 Å². The fourth-order valence-electron chi connectivity index (χ4n) is 1.63. The molecule has 0 saturated heterocycles.